The lowest BCUT2D eigenvalue weighted by atomic mass is 10.2. The fourth-order valence-electron chi connectivity index (χ4n) is 2.01. The van der Waals surface area contributed by atoms with Crippen molar-refractivity contribution in [3.63, 3.8) is 0 Å². The number of hydrogen-bond acceptors (Lipinski definition) is 4. The molecule has 6 heteroatoms. The van der Waals surface area contributed by atoms with E-state index in [0.717, 1.165) is 17.1 Å². The van der Waals surface area contributed by atoms with Crippen LogP contribution >= 0.6 is 0 Å². The fourth-order valence-corrected chi connectivity index (χ4v) is 2.01. The third-order valence-electron chi connectivity index (χ3n) is 3.07. The quantitative estimate of drug-likeness (QED) is 0.782. The van der Waals surface area contributed by atoms with Gasteiger partial charge in [-0.1, -0.05) is 41.6 Å². The minimum absolute atomic E-state index is 0.140. The number of carbonyl (C=O) groups excluding carboxylic acids is 1. The standard InChI is InChI=1S/C16H14N4O2/c17-16(21)14-11-20(19-18-14)10-12-6-4-5-9-15(12)22-13-7-2-1-3-8-13/h1-9,11H,10H2,(H2,17,21). The Morgan fingerprint density at radius 2 is 1.82 bits per heavy atom. The zero-order chi connectivity index (χ0) is 15.4. The van der Waals surface area contributed by atoms with Crippen LogP contribution in [0.3, 0.4) is 0 Å². The van der Waals surface area contributed by atoms with Crippen LogP contribution in [0.2, 0.25) is 0 Å². The highest BCUT2D eigenvalue weighted by Gasteiger charge is 2.09. The minimum atomic E-state index is -0.597. The average molecular weight is 294 g/mol. The molecule has 6 nitrogen and oxygen atoms in total. The van der Waals surface area contributed by atoms with E-state index in [-0.39, 0.29) is 5.69 Å². The summed E-state index contributed by atoms with van der Waals surface area (Å²) in [6.07, 6.45) is 1.52. The monoisotopic (exact) mass is 294 g/mol. The molecule has 0 unspecified atom stereocenters. The maximum absolute atomic E-state index is 11.1. The highest BCUT2D eigenvalue weighted by molar-refractivity contribution is 5.90. The zero-order valence-electron chi connectivity index (χ0n) is 11.7. The van der Waals surface area contributed by atoms with Gasteiger partial charge in [-0.3, -0.25) is 4.79 Å². The van der Waals surface area contributed by atoms with E-state index in [9.17, 15) is 4.79 Å². The molecule has 0 saturated carbocycles. The van der Waals surface area contributed by atoms with E-state index in [1.807, 2.05) is 54.6 Å². The first-order chi connectivity index (χ1) is 10.7. The predicted octanol–water partition coefficient (Wildman–Crippen LogP) is 2.22. The van der Waals surface area contributed by atoms with Crippen LogP contribution in [0.5, 0.6) is 11.5 Å². The van der Waals surface area contributed by atoms with Crippen LogP contribution in [0.15, 0.2) is 60.8 Å². The van der Waals surface area contributed by atoms with Gasteiger partial charge in [0.25, 0.3) is 5.91 Å². The van der Waals surface area contributed by atoms with Crippen LogP contribution in [0.25, 0.3) is 0 Å². The Bertz CT molecular complexity index is 784. The summed E-state index contributed by atoms with van der Waals surface area (Å²) < 4.78 is 7.43. The molecule has 22 heavy (non-hydrogen) atoms. The predicted molar refractivity (Wildman–Crippen MR) is 80.6 cm³/mol. The number of aromatic nitrogens is 3. The maximum atomic E-state index is 11.1. The average Bonchev–Trinajstić information content (AvgIpc) is 2.99. The van der Waals surface area contributed by atoms with Crippen molar-refractivity contribution in [2.75, 3.05) is 0 Å². The smallest absolute Gasteiger partial charge is 0.270 e. The second kappa shape index (κ2) is 6.09. The fraction of sp³-hybridized carbons (Fsp3) is 0.0625. The zero-order valence-corrected chi connectivity index (χ0v) is 11.7. The molecule has 3 rings (SSSR count). The molecular weight excluding hydrogens is 280 g/mol. The number of carbonyl (C=O) groups is 1. The molecule has 2 aromatic carbocycles. The Hall–Kier alpha value is -3.15. The van der Waals surface area contributed by atoms with Gasteiger partial charge < -0.3 is 10.5 Å². The lowest BCUT2D eigenvalue weighted by molar-refractivity contribution is 0.0995. The number of rotatable bonds is 5. The van der Waals surface area contributed by atoms with Crippen LogP contribution in [0, 0.1) is 0 Å². The summed E-state index contributed by atoms with van der Waals surface area (Å²) in [5, 5.41) is 7.61. The number of nitrogens with zero attached hydrogens (tertiary/aromatic N) is 3. The van der Waals surface area contributed by atoms with Gasteiger partial charge in [0.05, 0.1) is 12.7 Å². The lowest BCUT2D eigenvalue weighted by Gasteiger charge is -2.10. The molecule has 110 valence electrons. The number of nitrogens with two attached hydrogens (primary N) is 1. The first-order valence-corrected chi connectivity index (χ1v) is 6.73. The van der Waals surface area contributed by atoms with Crippen molar-refractivity contribution in [2.45, 2.75) is 6.54 Å². The van der Waals surface area contributed by atoms with Gasteiger partial charge in [-0.25, -0.2) is 4.68 Å². The number of hydrogen-bond donors (Lipinski definition) is 1. The Morgan fingerprint density at radius 3 is 2.55 bits per heavy atom. The molecule has 0 aliphatic rings. The van der Waals surface area contributed by atoms with Crippen molar-refractivity contribution < 1.29 is 9.53 Å². The third-order valence-corrected chi connectivity index (χ3v) is 3.07. The summed E-state index contributed by atoms with van der Waals surface area (Å²) >= 11 is 0. The molecule has 0 aliphatic heterocycles. The van der Waals surface area contributed by atoms with Crippen molar-refractivity contribution in [3.8, 4) is 11.5 Å². The van der Waals surface area contributed by atoms with E-state index in [0.29, 0.717) is 6.54 Å². The van der Waals surface area contributed by atoms with Crippen molar-refractivity contribution in [1.29, 1.82) is 0 Å². The SMILES string of the molecule is NC(=O)c1cn(Cc2ccccc2Oc2ccccc2)nn1. The third kappa shape index (κ3) is 3.12. The molecule has 0 spiro atoms. The second-order valence-corrected chi connectivity index (χ2v) is 4.69. The lowest BCUT2D eigenvalue weighted by Crippen LogP contribution is -2.11. The summed E-state index contributed by atoms with van der Waals surface area (Å²) in [5.41, 5.74) is 6.24. The van der Waals surface area contributed by atoms with E-state index < -0.39 is 5.91 Å². The largest absolute Gasteiger partial charge is 0.457 e. The molecule has 0 atom stereocenters. The molecule has 0 aliphatic carbocycles. The molecule has 0 saturated heterocycles. The summed E-state index contributed by atoms with van der Waals surface area (Å²) in [4.78, 5) is 11.1. The van der Waals surface area contributed by atoms with E-state index in [2.05, 4.69) is 10.3 Å². The van der Waals surface area contributed by atoms with Crippen LogP contribution in [-0.2, 0) is 6.54 Å². The molecule has 1 amide bonds. The van der Waals surface area contributed by atoms with Gasteiger partial charge in [0, 0.05) is 5.56 Å². The number of ether oxygens (including phenoxy) is 1. The molecule has 1 aromatic heterocycles. The van der Waals surface area contributed by atoms with E-state index >= 15 is 0 Å². The highest BCUT2D eigenvalue weighted by atomic mass is 16.5. The van der Waals surface area contributed by atoms with Gasteiger partial charge >= 0.3 is 0 Å². The summed E-state index contributed by atoms with van der Waals surface area (Å²) in [6.45, 7) is 0.434. The van der Waals surface area contributed by atoms with Gasteiger partial charge in [-0.15, -0.1) is 5.10 Å². The molecule has 2 N–H and O–H groups in total. The van der Waals surface area contributed by atoms with E-state index in [4.69, 9.17) is 10.5 Å². The van der Waals surface area contributed by atoms with Gasteiger partial charge in [0.1, 0.15) is 11.5 Å². The number of benzene rings is 2. The molecule has 0 radical (unpaired) electrons. The van der Waals surface area contributed by atoms with Crippen LogP contribution in [-0.4, -0.2) is 20.9 Å². The Balaban J connectivity index is 1.83. The Morgan fingerprint density at radius 1 is 1.09 bits per heavy atom. The van der Waals surface area contributed by atoms with Crippen molar-refractivity contribution in [1.82, 2.24) is 15.0 Å². The molecule has 0 fully saturated rings. The Kier molecular flexibility index (Phi) is 3.82. The summed E-state index contributed by atoms with van der Waals surface area (Å²) in [6, 6.07) is 17.2. The topological polar surface area (TPSA) is 83.0 Å². The first-order valence-electron chi connectivity index (χ1n) is 6.73. The van der Waals surface area contributed by atoms with E-state index in [1.54, 1.807) is 4.68 Å². The second-order valence-electron chi connectivity index (χ2n) is 4.69. The molecule has 3 aromatic rings. The summed E-state index contributed by atoms with van der Waals surface area (Å²) in [7, 11) is 0. The van der Waals surface area contributed by atoms with E-state index in [1.165, 1.54) is 6.20 Å². The summed E-state index contributed by atoms with van der Waals surface area (Å²) in [5.74, 6) is 0.885. The highest BCUT2D eigenvalue weighted by Crippen LogP contribution is 2.25. The number of amides is 1. The minimum Gasteiger partial charge on any atom is -0.457 e. The number of para-hydroxylation sites is 2. The molecular formula is C16H14N4O2. The van der Waals surface area contributed by atoms with Gasteiger partial charge in [-0.2, -0.15) is 0 Å². The van der Waals surface area contributed by atoms with Crippen LogP contribution < -0.4 is 10.5 Å². The van der Waals surface area contributed by atoms with Gasteiger partial charge in [0.15, 0.2) is 5.69 Å². The van der Waals surface area contributed by atoms with Gasteiger partial charge in [0.2, 0.25) is 0 Å². The van der Waals surface area contributed by atoms with Crippen molar-refractivity contribution in [3.05, 3.63) is 72.1 Å². The number of primary amides is 1. The molecule has 0 bridgehead atoms. The van der Waals surface area contributed by atoms with Gasteiger partial charge in [-0.05, 0) is 18.2 Å². The molecule has 1 heterocycles. The maximum Gasteiger partial charge on any atom is 0.270 e. The normalized spacial score (nSPS) is 10.4. The Labute approximate surface area is 127 Å². The van der Waals surface area contributed by atoms with Crippen LogP contribution in [0.4, 0.5) is 0 Å². The van der Waals surface area contributed by atoms with Crippen molar-refractivity contribution in [2.24, 2.45) is 5.73 Å². The van der Waals surface area contributed by atoms with Crippen molar-refractivity contribution >= 4 is 5.91 Å². The first kappa shape index (κ1) is 13.8. The van der Waals surface area contributed by atoms with Crippen LogP contribution in [0.1, 0.15) is 16.1 Å².